The first-order chi connectivity index (χ1) is 9.25. The Labute approximate surface area is 113 Å². The molecule has 1 atom stereocenters. The third-order valence-electron chi connectivity index (χ3n) is 3.02. The quantitative estimate of drug-likeness (QED) is 0.607. The third-order valence-corrected chi connectivity index (χ3v) is 3.02. The summed E-state index contributed by atoms with van der Waals surface area (Å²) in [5.74, 6) is -0.0378. The minimum Gasteiger partial charge on any atom is -0.397 e. The summed E-state index contributed by atoms with van der Waals surface area (Å²) in [5.41, 5.74) is 7.00. The highest BCUT2D eigenvalue weighted by Gasteiger charge is 2.15. The second kappa shape index (κ2) is 7.11. The van der Waals surface area contributed by atoms with Crippen LogP contribution in [0.3, 0.4) is 0 Å². The van der Waals surface area contributed by atoms with Crippen molar-refractivity contribution in [3.05, 3.63) is 24.3 Å². The van der Waals surface area contributed by atoms with Gasteiger partial charge < -0.3 is 20.5 Å². The summed E-state index contributed by atoms with van der Waals surface area (Å²) in [4.78, 5) is 11.7. The number of nitrogens with one attached hydrogen (secondary N) is 1. The third kappa shape index (κ3) is 4.54. The molecule has 1 fully saturated rings. The number of anilines is 2. The van der Waals surface area contributed by atoms with Gasteiger partial charge in [0.1, 0.15) is 0 Å². The first-order valence-electron chi connectivity index (χ1n) is 6.59. The fraction of sp³-hybridized carbons (Fsp3) is 0.500. The van der Waals surface area contributed by atoms with Crippen LogP contribution in [-0.4, -0.2) is 31.8 Å². The maximum atomic E-state index is 11.7. The van der Waals surface area contributed by atoms with Crippen LogP contribution in [0.2, 0.25) is 0 Å². The molecule has 1 amide bonds. The van der Waals surface area contributed by atoms with Crippen LogP contribution in [0, 0.1) is 0 Å². The molecular formula is C14H20N2O3. The van der Waals surface area contributed by atoms with Gasteiger partial charge in [-0.05, 0) is 25.0 Å². The van der Waals surface area contributed by atoms with E-state index in [1.807, 2.05) is 12.1 Å². The minimum absolute atomic E-state index is 0.0378. The Bertz CT molecular complexity index is 417. The summed E-state index contributed by atoms with van der Waals surface area (Å²) >= 11 is 0. The van der Waals surface area contributed by atoms with Crippen LogP contribution in [0.4, 0.5) is 11.4 Å². The monoisotopic (exact) mass is 264 g/mol. The Kier molecular flexibility index (Phi) is 5.18. The van der Waals surface area contributed by atoms with Crippen molar-refractivity contribution in [3.8, 4) is 0 Å². The van der Waals surface area contributed by atoms with E-state index in [1.165, 1.54) is 0 Å². The van der Waals surface area contributed by atoms with Gasteiger partial charge in [0.05, 0.1) is 24.1 Å². The highest BCUT2D eigenvalue weighted by Crippen LogP contribution is 2.17. The van der Waals surface area contributed by atoms with E-state index in [-0.39, 0.29) is 12.0 Å². The molecule has 1 aliphatic rings. The maximum Gasteiger partial charge on any atom is 0.224 e. The Hall–Kier alpha value is -1.59. The molecule has 104 valence electrons. The second-order valence-electron chi connectivity index (χ2n) is 4.60. The first-order valence-corrected chi connectivity index (χ1v) is 6.59. The van der Waals surface area contributed by atoms with Gasteiger partial charge in [-0.3, -0.25) is 4.79 Å². The topological polar surface area (TPSA) is 73.6 Å². The number of ether oxygens (including phenoxy) is 2. The van der Waals surface area contributed by atoms with Crippen LogP contribution in [0.1, 0.15) is 19.3 Å². The molecule has 19 heavy (non-hydrogen) atoms. The van der Waals surface area contributed by atoms with Crippen molar-refractivity contribution >= 4 is 17.3 Å². The van der Waals surface area contributed by atoms with E-state index in [0.29, 0.717) is 37.4 Å². The Morgan fingerprint density at radius 1 is 1.47 bits per heavy atom. The first kappa shape index (κ1) is 13.8. The summed E-state index contributed by atoms with van der Waals surface area (Å²) in [6, 6.07) is 7.23. The zero-order valence-corrected chi connectivity index (χ0v) is 10.9. The molecule has 3 N–H and O–H groups in total. The Balaban J connectivity index is 1.63. The number of para-hydroxylation sites is 2. The van der Waals surface area contributed by atoms with Gasteiger partial charge >= 0.3 is 0 Å². The fourth-order valence-electron chi connectivity index (χ4n) is 1.95. The zero-order chi connectivity index (χ0) is 13.5. The van der Waals surface area contributed by atoms with Crippen LogP contribution < -0.4 is 11.1 Å². The standard InChI is InChI=1S/C14H20N2O3/c15-12-4-1-2-5-13(12)16-14(17)6-3-8-19-11-7-9-18-10-11/h1-2,4-5,11H,3,6-10,15H2,(H,16,17). The summed E-state index contributed by atoms with van der Waals surface area (Å²) in [6.45, 7) is 2.04. The van der Waals surface area contributed by atoms with E-state index < -0.39 is 0 Å². The number of hydrogen-bond donors (Lipinski definition) is 2. The molecule has 5 heteroatoms. The molecule has 1 aromatic carbocycles. The van der Waals surface area contributed by atoms with E-state index in [1.54, 1.807) is 12.1 Å². The fourth-order valence-corrected chi connectivity index (χ4v) is 1.95. The second-order valence-corrected chi connectivity index (χ2v) is 4.60. The van der Waals surface area contributed by atoms with Crippen molar-refractivity contribution < 1.29 is 14.3 Å². The Morgan fingerprint density at radius 2 is 2.32 bits per heavy atom. The number of carbonyl (C=O) groups excluding carboxylic acids is 1. The molecule has 1 aromatic rings. The lowest BCUT2D eigenvalue weighted by molar-refractivity contribution is -0.116. The summed E-state index contributed by atoms with van der Waals surface area (Å²) in [5, 5.41) is 2.79. The number of hydrogen-bond acceptors (Lipinski definition) is 4. The van der Waals surface area contributed by atoms with Crippen molar-refractivity contribution in [1.29, 1.82) is 0 Å². The maximum absolute atomic E-state index is 11.7. The SMILES string of the molecule is Nc1ccccc1NC(=O)CCCOC1CCOC1. The lowest BCUT2D eigenvalue weighted by Gasteiger charge is -2.10. The summed E-state index contributed by atoms with van der Waals surface area (Å²) in [7, 11) is 0. The molecule has 5 nitrogen and oxygen atoms in total. The highest BCUT2D eigenvalue weighted by molar-refractivity contribution is 5.93. The number of benzene rings is 1. The molecule has 1 heterocycles. The van der Waals surface area contributed by atoms with Crippen molar-refractivity contribution in [2.24, 2.45) is 0 Å². The smallest absolute Gasteiger partial charge is 0.224 e. The van der Waals surface area contributed by atoms with Gasteiger partial charge in [-0.1, -0.05) is 12.1 Å². The predicted octanol–water partition coefficient (Wildman–Crippen LogP) is 1.79. The van der Waals surface area contributed by atoms with Crippen LogP contribution in [-0.2, 0) is 14.3 Å². The van der Waals surface area contributed by atoms with Crippen LogP contribution in [0.25, 0.3) is 0 Å². The number of rotatable bonds is 6. The van der Waals surface area contributed by atoms with Crippen molar-refractivity contribution in [2.75, 3.05) is 30.9 Å². The molecule has 1 aliphatic heterocycles. The lowest BCUT2D eigenvalue weighted by Crippen LogP contribution is -2.16. The normalized spacial score (nSPS) is 18.4. The van der Waals surface area contributed by atoms with Gasteiger partial charge in [0.25, 0.3) is 0 Å². The largest absolute Gasteiger partial charge is 0.397 e. The molecule has 0 radical (unpaired) electrons. The number of nitrogens with two attached hydrogens (primary N) is 1. The average Bonchev–Trinajstić information content (AvgIpc) is 2.91. The molecular weight excluding hydrogens is 244 g/mol. The van der Waals surface area contributed by atoms with E-state index in [2.05, 4.69) is 5.32 Å². The molecule has 1 unspecified atom stereocenters. The van der Waals surface area contributed by atoms with Gasteiger partial charge in [0.15, 0.2) is 0 Å². The summed E-state index contributed by atoms with van der Waals surface area (Å²) < 4.78 is 10.8. The lowest BCUT2D eigenvalue weighted by atomic mass is 10.2. The average molecular weight is 264 g/mol. The molecule has 2 rings (SSSR count). The van der Waals surface area contributed by atoms with Crippen molar-refractivity contribution in [1.82, 2.24) is 0 Å². The van der Waals surface area contributed by atoms with E-state index in [0.717, 1.165) is 13.0 Å². The van der Waals surface area contributed by atoms with Gasteiger partial charge in [-0.25, -0.2) is 0 Å². The highest BCUT2D eigenvalue weighted by atomic mass is 16.5. The molecule has 0 saturated carbocycles. The van der Waals surface area contributed by atoms with E-state index >= 15 is 0 Å². The van der Waals surface area contributed by atoms with Crippen molar-refractivity contribution in [3.63, 3.8) is 0 Å². The van der Waals surface area contributed by atoms with Gasteiger partial charge in [0, 0.05) is 19.6 Å². The number of nitrogen functional groups attached to an aromatic ring is 1. The molecule has 1 saturated heterocycles. The zero-order valence-electron chi connectivity index (χ0n) is 10.9. The molecule has 0 aromatic heterocycles. The summed E-state index contributed by atoms with van der Waals surface area (Å²) in [6.07, 6.45) is 2.29. The van der Waals surface area contributed by atoms with Crippen molar-refractivity contribution in [2.45, 2.75) is 25.4 Å². The Morgan fingerprint density at radius 3 is 3.05 bits per heavy atom. The van der Waals surface area contributed by atoms with Gasteiger partial charge in [-0.15, -0.1) is 0 Å². The van der Waals surface area contributed by atoms with E-state index in [9.17, 15) is 4.79 Å². The van der Waals surface area contributed by atoms with E-state index in [4.69, 9.17) is 15.2 Å². The molecule has 0 spiro atoms. The van der Waals surface area contributed by atoms with Crippen LogP contribution in [0.15, 0.2) is 24.3 Å². The molecule has 0 aliphatic carbocycles. The van der Waals surface area contributed by atoms with Gasteiger partial charge in [-0.2, -0.15) is 0 Å². The van der Waals surface area contributed by atoms with Crippen LogP contribution >= 0.6 is 0 Å². The molecule has 0 bridgehead atoms. The van der Waals surface area contributed by atoms with Gasteiger partial charge in [0.2, 0.25) is 5.91 Å². The van der Waals surface area contributed by atoms with Crippen LogP contribution in [0.5, 0.6) is 0 Å². The number of carbonyl (C=O) groups is 1. The predicted molar refractivity (Wildman–Crippen MR) is 73.9 cm³/mol. The minimum atomic E-state index is -0.0378. The number of amides is 1.